The number of benzene rings is 1. The van der Waals surface area contributed by atoms with Gasteiger partial charge < -0.3 is 14.9 Å². The summed E-state index contributed by atoms with van der Waals surface area (Å²) in [4.78, 5) is 24.5. The highest BCUT2D eigenvalue weighted by Gasteiger charge is 2.36. The van der Waals surface area contributed by atoms with Gasteiger partial charge in [0.1, 0.15) is 5.82 Å². The number of piperidine rings is 1. The van der Waals surface area contributed by atoms with E-state index in [2.05, 4.69) is 9.97 Å². The fourth-order valence-electron chi connectivity index (χ4n) is 3.13. The van der Waals surface area contributed by atoms with E-state index in [1.54, 1.807) is 26.5 Å². The zero-order valence-electron chi connectivity index (χ0n) is 14.7. The first-order chi connectivity index (χ1) is 12.0. The van der Waals surface area contributed by atoms with Crippen LogP contribution in [0.5, 0.6) is 0 Å². The zero-order valence-corrected chi connectivity index (χ0v) is 14.7. The molecule has 6 heteroatoms. The molecule has 0 radical (unpaired) electrons. The molecule has 1 amide bonds. The van der Waals surface area contributed by atoms with Crippen molar-refractivity contribution in [3.8, 4) is 11.3 Å². The first-order valence-corrected chi connectivity index (χ1v) is 8.52. The summed E-state index contributed by atoms with van der Waals surface area (Å²) in [7, 11) is 3.42. The van der Waals surface area contributed by atoms with Gasteiger partial charge in [0.25, 0.3) is 0 Å². The SMILES string of the molecule is CN(C)C(=O)CC1(O)CCCN(c2cnc(-c3ccccc3)cn2)C1. The molecule has 2 heterocycles. The van der Waals surface area contributed by atoms with Crippen molar-refractivity contribution >= 4 is 11.7 Å². The van der Waals surface area contributed by atoms with E-state index < -0.39 is 5.60 Å². The van der Waals surface area contributed by atoms with Gasteiger partial charge in [0, 0.05) is 32.7 Å². The minimum absolute atomic E-state index is 0.0603. The fourth-order valence-corrected chi connectivity index (χ4v) is 3.13. The summed E-state index contributed by atoms with van der Waals surface area (Å²) in [5.74, 6) is 0.671. The maximum absolute atomic E-state index is 12.0. The van der Waals surface area contributed by atoms with Crippen LogP contribution in [0.15, 0.2) is 42.7 Å². The lowest BCUT2D eigenvalue weighted by molar-refractivity contribution is -0.134. The van der Waals surface area contributed by atoms with E-state index in [1.807, 2.05) is 35.2 Å². The lowest BCUT2D eigenvalue weighted by atomic mass is 9.89. The molecule has 6 nitrogen and oxygen atoms in total. The van der Waals surface area contributed by atoms with Crippen molar-refractivity contribution in [3.63, 3.8) is 0 Å². The van der Waals surface area contributed by atoms with Crippen LogP contribution in [0.1, 0.15) is 19.3 Å². The molecule has 2 aromatic rings. The Morgan fingerprint density at radius 1 is 1.24 bits per heavy atom. The molecule has 0 saturated carbocycles. The standard InChI is InChI=1S/C19H24N4O2/c1-22(2)18(24)11-19(25)9-6-10-23(14-19)17-13-20-16(12-21-17)15-7-4-3-5-8-15/h3-5,7-8,12-13,25H,6,9-11,14H2,1-2H3. The Balaban J connectivity index is 1.72. The van der Waals surface area contributed by atoms with Crippen LogP contribution in [0.25, 0.3) is 11.3 Å². The van der Waals surface area contributed by atoms with Gasteiger partial charge in [0.2, 0.25) is 5.91 Å². The van der Waals surface area contributed by atoms with Crippen molar-refractivity contribution < 1.29 is 9.90 Å². The number of hydrogen-bond donors (Lipinski definition) is 1. The normalized spacial score (nSPS) is 20.4. The van der Waals surface area contributed by atoms with E-state index in [-0.39, 0.29) is 12.3 Å². The summed E-state index contributed by atoms with van der Waals surface area (Å²) >= 11 is 0. The molecule has 3 rings (SSSR count). The maximum Gasteiger partial charge on any atom is 0.225 e. The number of amides is 1. The van der Waals surface area contributed by atoms with Crippen LogP contribution in [0, 0.1) is 0 Å². The predicted octanol–water partition coefficient (Wildman–Crippen LogP) is 1.95. The van der Waals surface area contributed by atoms with Crippen LogP contribution in [0.2, 0.25) is 0 Å². The Morgan fingerprint density at radius 3 is 2.64 bits per heavy atom. The van der Waals surface area contributed by atoms with Crippen molar-refractivity contribution in [1.82, 2.24) is 14.9 Å². The number of aromatic nitrogens is 2. The first kappa shape index (κ1) is 17.4. The molecule has 1 aromatic carbocycles. The van der Waals surface area contributed by atoms with Gasteiger partial charge in [-0.25, -0.2) is 4.98 Å². The first-order valence-electron chi connectivity index (χ1n) is 8.52. The molecule has 1 saturated heterocycles. The molecule has 1 aromatic heterocycles. The molecule has 1 atom stereocenters. The van der Waals surface area contributed by atoms with E-state index in [0.29, 0.717) is 13.0 Å². The summed E-state index contributed by atoms with van der Waals surface area (Å²) in [5, 5.41) is 10.8. The van der Waals surface area contributed by atoms with Crippen molar-refractivity contribution in [2.24, 2.45) is 0 Å². The summed E-state index contributed by atoms with van der Waals surface area (Å²) in [6, 6.07) is 9.90. The fraction of sp³-hybridized carbons (Fsp3) is 0.421. The predicted molar refractivity (Wildman–Crippen MR) is 97.2 cm³/mol. The summed E-state index contributed by atoms with van der Waals surface area (Å²) in [5.41, 5.74) is 0.826. The highest BCUT2D eigenvalue weighted by molar-refractivity contribution is 5.76. The lowest BCUT2D eigenvalue weighted by Crippen LogP contribution is -2.50. The Bertz CT molecular complexity index is 718. The smallest absolute Gasteiger partial charge is 0.225 e. The number of carbonyl (C=O) groups is 1. The van der Waals surface area contributed by atoms with Gasteiger partial charge in [-0.15, -0.1) is 0 Å². The second-order valence-corrected chi connectivity index (χ2v) is 6.84. The Morgan fingerprint density at radius 2 is 2.00 bits per heavy atom. The average Bonchev–Trinajstić information content (AvgIpc) is 2.62. The molecule has 1 aliphatic rings. The van der Waals surface area contributed by atoms with Gasteiger partial charge in [0.05, 0.1) is 30.1 Å². The van der Waals surface area contributed by atoms with Gasteiger partial charge in [-0.05, 0) is 12.8 Å². The molecule has 1 fully saturated rings. The van der Waals surface area contributed by atoms with Crippen LogP contribution < -0.4 is 4.90 Å². The molecule has 1 aliphatic heterocycles. The third-order valence-electron chi connectivity index (χ3n) is 4.57. The van der Waals surface area contributed by atoms with Crippen LogP contribution >= 0.6 is 0 Å². The van der Waals surface area contributed by atoms with Gasteiger partial charge in [-0.2, -0.15) is 0 Å². The van der Waals surface area contributed by atoms with E-state index in [0.717, 1.165) is 30.0 Å². The monoisotopic (exact) mass is 340 g/mol. The second-order valence-electron chi connectivity index (χ2n) is 6.84. The second kappa shape index (κ2) is 7.19. The molecule has 0 aliphatic carbocycles. The topological polar surface area (TPSA) is 69.6 Å². The summed E-state index contributed by atoms with van der Waals surface area (Å²) in [6.07, 6.45) is 5.06. The van der Waals surface area contributed by atoms with Gasteiger partial charge in [0.15, 0.2) is 0 Å². The Hall–Kier alpha value is -2.47. The zero-order chi connectivity index (χ0) is 17.9. The Kier molecular flexibility index (Phi) is 4.99. The van der Waals surface area contributed by atoms with Crippen molar-refractivity contribution in [2.45, 2.75) is 24.9 Å². The van der Waals surface area contributed by atoms with Crippen LogP contribution in [0.3, 0.4) is 0 Å². The number of nitrogens with zero attached hydrogens (tertiary/aromatic N) is 4. The molecule has 0 spiro atoms. The molecule has 25 heavy (non-hydrogen) atoms. The summed E-state index contributed by atoms with van der Waals surface area (Å²) in [6.45, 7) is 1.20. The highest BCUT2D eigenvalue weighted by atomic mass is 16.3. The van der Waals surface area contributed by atoms with E-state index >= 15 is 0 Å². The molecular weight excluding hydrogens is 316 g/mol. The van der Waals surface area contributed by atoms with Gasteiger partial charge in [-0.1, -0.05) is 30.3 Å². The largest absolute Gasteiger partial charge is 0.388 e. The van der Waals surface area contributed by atoms with E-state index in [4.69, 9.17) is 0 Å². The summed E-state index contributed by atoms with van der Waals surface area (Å²) < 4.78 is 0. The Labute approximate surface area is 148 Å². The quantitative estimate of drug-likeness (QED) is 0.921. The molecule has 1 N–H and O–H groups in total. The lowest BCUT2D eigenvalue weighted by Gasteiger charge is -2.39. The average molecular weight is 340 g/mol. The van der Waals surface area contributed by atoms with E-state index in [9.17, 15) is 9.90 Å². The van der Waals surface area contributed by atoms with E-state index in [1.165, 1.54) is 4.90 Å². The molecular formula is C19H24N4O2. The maximum atomic E-state index is 12.0. The number of rotatable bonds is 4. The van der Waals surface area contributed by atoms with Crippen molar-refractivity contribution in [2.75, 3.05) is 32.1 Å². The molecule has 1 unspecified atom stereocenters. The van der Waals surface area contributed by atoms with Gasteiger partial charge >= 0.3 is 0 Å². The number of carbonyl (C=O) groups excluding carboxylic acids is 1. The van der Waals surface area contributed by atoms with Crippen molar-refractivity contribution in [3.05, 3.63) is 42.7 Å². The number of anilines is 1. The number of β-amino-alcohol motifs (C(OH)–C–C–N with tert-alkyl or cyclic N) is 1. The third-order valence-corrected chi connectivity index (χ3v) is 4.57. The number of aliphatic hydroxyl groups is 1. The van der Waals surface area contributed by atoms with Crippen LogP contribution in [0.4, 0.5) is 5.82 Å². The minimum Gasteiger partial charge on any atom is -0.388 e. The molecule has 0 bridgehead atoms. The van der Waals surface area contributed by atoms with Crippen LogP contribution in [-0.4, -0.2) is 58.7 Å². The minimum atomic E-state index is -1.01. The van der Waals surface area contributed by atoms with Gasteiger partial charge in [-0.3, -0.25) is 9.78 Å². The number of hydrogen-bond acceptors (Lipinski definition) is 5. The molecule has 132 valence electrons. The third kappa shape index (κ3) is 4.14. The van der Waals surface area contributed by atoms with Crippen molar-refractivity contribution in [1.29, 1.82) is 0 Å². The van der Waals surface area contributed by atoms with Crippen LogP contribution in [-0.2, 0) is 4.79 Å². The highest BCUT2D eigenvalue weighted by Crippen LogP contribution is 2.28.